The van der Waals surface area contributed by atoms with E-state index in [-0.39, 0.29) is 11.8 Å². The van der Waals surface area contributed by atoms with Crippen LogP contribution in [0.15, 0.2) is 85.0 Å². The zero-order valence-corrected chi connectivity index (χ0v) is 14.3. The topological polar surface area (TPSA) is 58.2 Å². The van der Waals surface area contributed by atoms with E-state index in [2.05, 4.69) is 10.6 Å². The molecule has 0 saturated carbocycles. The molecule has 2 N–H and O–H groups in total. The summed E-state index contributed by atoms with van der Waals surface area (Å²) in [7, 11) is 0. The van der Waals surface area contributed by atoms with Crippen molar-refractivity contribution < 1.29 is 9.59 Å². The van der Waals surface area contributed by atoms with Crippen molar-refractivity contribution in [2.45, 2.75) is 10.8 Å². The van der Waals surface area contributed by atoms with Crippen LogP contribution in [0.3, 0.4) is 0 Å². The number of hydrogen-bond donors (Lipinski definition) is 2. The molecule has 2 amide bonds. The predicted octanol–water partition coefficient (Wildman–Crippen LogP) is 2.23. The van der Waals surface area contributed by atoms with Crippen molar-refractivity contribution in [3.8, 4) is 0 Å². The maximum Gasteiger partial charge on any atom is 0.238 e. The van der Waals surface area contributed by atoms with Crippen molar-refractivity contribution in [1.82, 2.24) is 10.6 Å². The van der Waals surface area contributed by atoms with Gasteiger partial charge in [-0.1, -0.05) is 85.0 Å². The van der Waals surface area contributed by atoms with Gasteiger partial charge in [0.1, 0.15) is 10.8 Å². The van der Waals surface area contributed by atoms with E-state index in [1.807, 2.05) is 85.0 Å². The number of rotatable bonds is 7. The Hall–Kier alpha value is -3.14. The Balaban J connectivity index is 1.27. The van der Waals surface area contributed by atoms with E-state index in [1.165, 1.54) is 0 Å². The molecular formula is C22H20N2O2. The van der Waals surface area contributed by atoms with Gasteiger partial charge in [-0.2, -0.15) is 0 Å². The lowest BCUT2D eigenvalue weighted by Gasteiger charge is -2.18. The summed E-state index contributed by atoms with van der Waals surface area (Å²) in [5.74, 6) is -0.111. The molecular weight excluding hydrogens is 324 g/mol. The molecule has 0 unspecified atom stereocenters. The molecule has 0 heterocycles. The first-order valence-corrected chi connectivity index (χ1v) is 8.76. The summed E-state index contributed by atoms with van der Waals surface area (Å²) in [6, 6.07) is 19.4. The van der Waals surface area contributed by atoms with E-state index in [4.69, 9.17) is 0 Å². The van der Waals surface area contributed by atoms with Crippen LogP contribution in [0.5, 0.6) is 0 Å². The third-order valence-electron chi connectivity index (χ3n) is 4.95. The van der Waals surface area contributed by atoms with Crippen molar-refractivity contribution in [3.05, 3.63) is 96.1 Å². The number of carbonyl (C=O) groups is 2. The number of carbonyl (C=O) groups excluding carboxylic acids is 2. The van der Waals surface area contributed by atoms with E-state index >= 15 is 0 Å². The molecule has 2 aromatic carbocycles. The molecule has 0 atom stereocenters. The van der Waals surface area contributed by atoms with Crippen molar-refractivity contribution in [3.63, 3.8) is 0 Å². The SMILES string of the molecule is O=C(NCCNC(=O)C1(c2ccccc2)C=C1)C1(c2ccccc2)C=C1. The Morgan fingerprint density at radius 1 is 0.615 bits per heavy atom. The second-order valence-corrected chi connectivity index (χ2v) is 6.65. The number of benzene rings is 2. The van der Waals surface area contributed by atoms with Crippen molar-refractivity contribution in [2.24, 2.45) is 0 Å². The number of hydrogen-bond acceptors (Lipinski definition) is 2. The van der Waals surface area contributed by atoms with Gasteiger partial charge >= 0.3 is 0 Å². The van der Waals surface area contributed by atoms with Crippen LogP contribution in [0.25, 0.3) is 0 Å². The molecule has 0 aromatic heterocycles. The van der Waals surface area contributed by atoms with Crippen molar-refractivity contribution in [1.29, 1.82) is 0 Å². The summed E-state index contributed by atoms with van der Waals surface area (Å²) in [5, 5.41) is 5.83. The quantitative estimate of drug-likeness (QED) is 0.598. The standard InChI is InChI=1S/C22H20N2O2/c25-19(21(11-12-21)17-7-3-1-4-8-17)23-15-16-24-20(26)22(13-14-22)18-9-5-2-6-10-18/h1-14H,15-16H2,(H,23,25)(H,24,26). The smallest absolute Gasteiger partial charge is 0.238 e. The fourth-order valence-electron chi connectivity index (χ4n) is 3.19. The average Bonchev–Trinajstić information content (AvgIpc) is 3.60. The Bertz CT molecular complexity index is 797. The van der Waals surface area contributed by atoms with Gasteiger partial charge in [-0.15, -0.1) is 0 Å². The Morgan fingerprint density at radius 2 is 0.962 bits per heavy atom. The van der Waals surface area contributed by atoms with Crippen LogP contribution >= 0.6 is 0 Å². The summed E-state index contributed by atoms with van der Waals surface area (Å²) >= 11 is 0. The van der Waals surface area contributed by atoms with Gasteiger partial charge in [-0.3, -0.25) is 9.59 Å². The number of nitrogens with one attached hydrogen (secondary N) is 2. The highest BCUT2D eigenvalue weighted by molar-refractivity contribution is 5.98. The van der Waals surface area contributed by atoms with Gasteiger partial charge in [0.05, 0.1) is 0 Å². The summed E-state index contributed by atoms with van der Waals surface area (Å²) in [6.45, 7) is 0.789. The van der Waals surface area contributed by atoms with Crippen LogP contribution < -0.4 is 10.6 Å². The monoisotopic (exact) mass is 344 g/mol. The normalized spacial score (nSPS) is 17.4. The summed E-state index contributed by atoms with van der Waals surface area (Å²) < 4.78 is 0. The molecule has 2 aliphatic rings. The highest BCUT2D eigenvalue weighted by Gasteiger charge is 2.44. The summed E-state index contributed by atoms with van der Waals surface area (Å²) in [4.78, 5) is 25.0. The van der Waals surface area contributed by atoms with Crippen molar-refractivity contribution in [2.75, 3.05) is 13.1 Å². The van der Waals surface area contributed by atoms with Crippen LogP contribution in [0, 0.1) is 0 Å². The van der Waals surface area contributed by atoms with E-state index < -0.39 is 10.8 Å². The van der Waals surface area contributed by atoms with E-state index in [9.17, 15) is 9.59 Å². The second-order valence-electron chi connectivity index (χ2n) is 6.65. The minimum absolute atomic E-state index is 0.0553. The molecule has 0 spiro atoms. The minimum atomic E-state index is -0.616. The molecule has 2 aromatic rings. The van der Waals surface area contributed by atoms with E-state index in [0.717, 1.165) is 11.1 Å². The second kappa shape index (κ2) is 6.30. The van der Waals surface area contributed by atoms with Gasteiger partial charge in [-0.05, 0) is 11.1 Å². The van der Waals surface area contributed by atoms with Gasteiger partial charge in [0.2, 0.25) is 11.8 Å². The van der Waals surface area contributed by atoms with Gasteiger partial charge in [-0.25, -0.2) is 0 Å². The molecule has 4 rings (SSSR count). The maximum absolute atomic E-state index is 12.5. The first kappa shape index (κ1) is 16.3. The lowest BCUT2D eigenvalue weighted by atomic mass is 9.92. The van der Waals surface area contributed by atoms with Crippen LogP contribution in [-0.4, -0.2) is 24.9 Å². The number of amides is 2. The van der Waals surface area contributed by atoms with Gasteiger partial charge in [0, 0.05) is 13.1 Å². The predicted molar refractivity (Wildman–Crippen MR) is 101 cm³/mol. The molecule has 0 bridgehead atoms. The molecule has 2 aliphatic carbocycles. The molecule has 26 heavy (non-hydrogen) atoms. The first-order chi connectivity index (χ1) is 12.7. The average molecular weight is 344 g/mol. The molecule has 0 radical (unpaired) electrons. The summed E-state index contributed by atoms with van der Waals surface area (Å²) in [5.41, 5.74) is 0.696. The molecule has 0 fully saturated rings. The minimum Gasteiger partial charge on any atom is -0.353 e. The van der Waals surface area contributed by atoms with Crippen LogP contribution in [0.2, 0.25) is 0 Å². The van der Waals surface area contributed by atoms with Gasteiger partial charge in [0.25, 0.3) is 0 Å². The third-order valence-corrected chi connectivity index (χ3v) is 4.95. The molecule has 0 aliphatic heterocycles. The van der Waals surface area contributed by atoms with Crippen LogP contribution in [0.4, 0.5) is 0 Å². The zero-order chi connectivity index (χ0) is 18.0. The Kier molecular flexibility index (Phi) is 3.96. The van der Waals surface area contributed by atoms with Crippen molar-refractivity contribution >= 4 is 11.8 Å². The molecule has 4 nitrogen and oxygen atoms in total. The van der Waals surface area contributed by atoms with Crippen LogP contribution in [-0.2, 0) is 20.4 Å². The van der Waals surface area contributed by atoms with Gasteiger partial charge < -0.3 is 10.6 Å². The highest BCUT2D eigenvalue weighted by Crippen LogP contribution is 2.39. The maximum atomic E-state index is 12.5. The zero-order valence-electron chi connectivity index (χ0n) is 14.3. The molecule has 130 valence electrons. The fraction of sp³-hybridized carbons (Fsp3) is 0.182. The first-order valence-electron chi connectivity index (χ1n) is 8.76. The Morgan fingerprint density at radius 3 is 1.27 bits per heavy atom. The van der Waals surface area contributed by atoms with Gasteiger partial charge in [0.15, 0.2) is 0 Å². The van der Waals surface area contributed by atoms with E-state index in [1.54, 1.807) is 0 Å². The Labute approximate surface area is 152 Å². The lowest BCUT2D eigenvalue weighted by molar-refractivity contribution is -0.124. The lowest BCUT2D eigenvalue weighted by Crippen LogP contribution is -2.43. The summed E-state index contributed by atoms with van der Waals surface area (Å²) in [6.07, 6.45) is 7.59. The largest absolute Gasteiger partial charge is 0.353 e. The molecule has 0 saturated heterocycles. The fourth-order valence-corrected chi connectivity index (χ4v) is 3.19. The van der Waals surface area contributed by atoms with E-state index in [0.29, 0.717) is 13.1 Å². The molecule has 4 heteroatoms. The van der Waals surface area contributed by atoms with Crippen LogP contribution in [0.1, 0.15) is 11.1 Å². The highest BCUT2D eigenvalue weighted by atomic mass is 16.2. The third kappa shape index (κ3) is 2.84.